The summed E-state index contributed by atoms with van der Waals surface area (Å²) in [7, 11) is 3.08. The van der Waals surface area contributed by atoms with Crippen LogP contribution in [-0.4, -0.2) is 36.2 Å². The minimum Gasteiger partial charge on any atom is -0.497 e. The van der Waals surface area contributed by atoms with E-state index in [1.54, 1.807) is 43.5 Å². The van der Waals surface area contributed by atoms with Crippen LogP contribution < -0.4 is 14.8 Å². The maximum absolute atomic E-state index is 12.2. The maximum Gasteiger partial charge on any atom is 0.338 e. The molecule has 0 atom stereocenters. The number of hydrogen-bond acceptors (Lipinski definition) is 8. The summed E-state index contributed by atoms with van der Waals surface area (Å²) in [6.07, 6.45) is 0. The molecule has 0 aliphatic rings. The highest BCUT2D eigenvalue weighted by Crippen LogP contribution is 2.31. The largest absolute Gasteiger partial charge is 0.497 e. The summed E-state index contributed by atoms with van der Waals surface area (Å²) in [6, 6.07) is 11.6. The van der Waals surface area contributed by atoms with Crippen molar-refractivity contribution in [1.29, 1.82) is 0 Å². The lowest BCUT2D eigenvalue weighted by Crippen LogP contribution is -2.09. The standard InChI is InChI=1S/C20H19N3O6/c1-12(24)21-14-6-4-5-13(9-14)20(25)28-11-18-22-19(23-29-18)16-8-7-15(26-2)10-17(16)27-3/h4-10H,11H2,1-3H3,(H,21,24). The van der Waals surface area contributed by atoms with Crippen molar-refractivity contribution < 1.29 is 28.3 Å². The van der Waals surface area contributed by atoms with Gasteiger partial charge in [-0.3, -0.25) is 4.79 Å². The molecule has 1 amide bonds. The summed E-state index contributed by atoms with van der Waals surface area (Å²) in [5, 5.41) is 6.51. The molecular weight excluding hydrogens is 378 g/mol. The average Bonchev–Trinajstić information content (AvgIpc) is 3.20. The van der Waals surface area contributed by atoms with E-state index in [4.69, 9.17) is 18.7 Å². The number of carbonyl (C=O) groups excluding carboxylic acids is 2. The van der Waals surface area contributed by atoms with Gasteiger partial charge in [0.1, 0.15) is 11.5 Å². The van der Waals surface area contributed by atoms with Gasteiger partial charge in [0.2, 0.25) is 11.7 Å². The molecule has 0 fully saturated rings. The maximum atomic E-state index is 12.2. The monoisotopic (exact) mass is 397 g/mol. The van der Waals surface area contributed by atoms with E-state index in [2.05, 4.69) is 15.5 Å². The van der Waals surface area contributed by atoms with Crippen molar-refractivity contribution in [2.24, 2.45) is 0 Å². The zero-order valence-electron chi connectivity index (χ0n) is 16.1. The van der Waals surface area contributed by atoms with Crippen molar-refractivity contribution in [2.75, 3.05) is 19.5 Å². The van der Waals surface area contributed by atoms with Crippen LogP contribution in [0.3, 0.4) is 0 Å². The molecule has 0 aliphatic carbocycles. The fourth-order valence-electron chi connectivity index (χ4n) is 2.54. The lowest BCUT2D eigenvalue weighted by atomic mass is 10.2. The molecule has 150 valence electrons. The van der Waals surface area contributed by atoms with Gasteiger partial charge < -0.3 is 24.1 Å². The summed E-state index contributed by atoms with van der Waals surface area (Å²) in [5.74, 6) is 0.752. The number of nitrogens with zero attached hydrogens (tertiary/aromatic N) is 2. The van der Waals surface area contributed by atoms with Crippen LogP contribution in [0.5, 0.6) is 11.5 Å². The van der Waals surface area contributed by atoms with Gasteiger partial charge in [0.25, 0.3) is 5.89 Å². The molecule has 0 bridgehead atoms. The van der Waals surface area contributed by atoms with Gasteiger partial charge in [-0.15, -0.1) is 0 Å². The van der Waals surface area contributed by atoms with E-state index in [1.165, 1.54) is 20.1 Å². The molecule has 9 nitrogen and oxygen atoms in total. The average molecular weight is 397 g/mol. The Balaban J connectivity index is 1.68. The van der Waals surface area contributed by atoms with Gasteiger partial charge in [0.05, 0.1) is 25.3 Å². The first-order valence-electron chi connectivity index (χ1n) is 8.60. The SMILES string of the molecule is COc1ccc(-c2noc(COC(=O)c3cccc(NC(C)=O)c3)n2)c(OC)c1. The molecule has 1 N–H and O–H groups in total. The van der Waals surface area contributed by atoms with Crippen molar-refractivity contribution in [1.82, 2.24) is 10.1 Å². The Bertz CT molecular complexity index is 1030. The van der Waals surface area contributed by atoms with Crippen molar-refractivity contribution in [3.05, 3.63) is 53.9 Å². The number of benzene rings is 2. The van der Waals surface area contributed by atoms with E-state index in [0.717, 1.165) is 0 Å². The van der Waals surface area contributed by atoms with Crippen molar-refractivity contribution in [3.8, 4) is 22.9 Å². The normalized spacial score (nSPS) is 10.3. The van der Waals surface area contributed by atoms with Gasteiger partial charge in [-0.1, -0.05) is 11.2 Å². The highest BCUT2D eigenvalue weighted by molar-refractivity contribution is 5.93. The Kier molecular flexibility index (Phi) is 6.08. The number of hydrogen-bond donors (Lipinski definition) is 1. The van der Waals surface area contributed by atoms with Crippen LogP contribution in [0.15, 0.2) is 47.0 Å². The Morgan fingerprint density at radius 1 is 1.10 bits per heavy atom. The summed E-state index contributed by atoms with van der Waals surface area (Å²) in [5.41, 5.74) is 1.39. The number of anilines is 1. The van der Waals surface area contributed by atoms with E-state index in [-0.39, 0.29) is 24.0 Å². The van der Waals surface area contributed by atoms with Gasteiger partial charge >= 0.3 is 5.97 Å². The van der Waals surface area contributed by atoms with Crippen molar-refractivity contribution in [2.45, 2.75) is 13.5 Å². The number of esters is 1. The zero-order chi connectivity index (χ0) is 20.8. The quantitative estimate of drug-likeness (QED) is 0.605. The van der Waals surface area contributed by atoms with Crippen LogP contribution in [0.2, 0.25) is 0 Å². The van der Waals surface area contributed by atoms with Crippen LogP contribution in [0.4, 0.5) is 5.69 Å². The van der Waals surface area contributed by atoms with Gasteiger partial charge in [-0.05, 0) is 30.3 Å². The second kappa shape index (κ2) is 8.87. The molecule has 0 saturated heterocycles. The predicted octanol–water partition coefficient (Wildman–Crippen LogP) is 3.07. The van der Waals surface area contributed by atoms with E-state index >= 15 is 0 Å². The van der Waals surface area contributed by atoms with Crippen molar-refractivity contribution >= 4 is 17.6 Å². The van der Waals surface area contributed by atoms with Crippen LogP contribution >= 0.6 is 0 Å². The molecule has 2 aromatic carbocycles. The third kappa shape index (κ3) is 4.89. The van der Waals surface area contributed by atoms with E-state index in [0.29, 0.717) is 28.6 Å². The number of amides is 1. The number of carbonyl (C=O) groups is 2. The smallest absolute Gasteiger partial charge is 0.338 e. The number of rotatable bonds is 7. The first-order chi connectivity index (χ1) is 14.0. The summed E-state index contributed by atoms with van der Waals surface area (Å²) in [6.45, 7) is 1.19. The summed E-state index contributed by atoms with van der Waals surface area (Å²) < 4.78 is 20.9. The summed E-state index contributed by atoms with van der Waals surface area (Å²) in [4.78, 5) is 27.6. The molecule has 0 saturated carbocycles. The van der Waals surface area contributed by atoms with E-state index in [1.807, 2.05) is 0 Å². The van der Waals surface area contributed by atoms with Crippen LogP contribution in [-0.2, 0) is 16.1 Å². The zero-order valence-corrected chi connectivity index (χ0v) is 16.1. The van der Waals surface area contributed by atoms with Crippen LogP contribution in [0.25, 0.3) is 11.4 Å². The topological polar surface area (TPSA) is 113 Å². The minimum absolute atomic E-state index is 0.129. The third-order valence-corrected chi connectivity index (χ3v) is 3.86. The molecule has 0 radical (unpaired) electrons. The third-order valence-electron chi connectivity index (χ3n) is 3.86. The van der Waals surface area contributed by atoms with E-state index in [9.17, 15) is 9.59 Å². The minimum atomic E-state index is -0.584. The molecule has 0 aliphatic heterocycles. The molecule has 1 aromatic heterocycles. The molecule has 9 heteroatoms. The molecule has 3 rings (SSSR count). The highest BCUT2D eigenvalue weighted by atomic mass is 16.6. The van der Waals surface area contributed by atoms with Gasteiger partial charge in [0.15, 0.2) is 6.61 Å². The Hall–Kier alpha value is -3.88. The molecule has 29 heavy (non-hydrogen) atoms. The molecule has 3 aromatic rings. The van der Waals surface area contributed by atoms with E-state index < -0.39 is 5.97 Å². The lowest BCUT2D eigenvalue weighted by molar-refractivity contribution is -0.114. The first-order valence-corrected chi connectivity index (χ1v) is 8.60. The Labute approximate surface area is 166 Å². The number of nitrogens with one attached hydrogen (secondary N) is 1. The fraction of sp³-hybridized carbons (Fsp3) is 0.200. The molecule has 0 unspecified atom stereocenters. The van der Waals surface area contributed by atoms with Gasteiger partial charge in [0, 0.05) is 18.7 Å². The van der Waals surface area contributed by atoms with Crippen LogP contribution in [0.1, 0.15) is 23.2 Å². The second-order valence-electron chi connectivity index (χ2n) is 5.92. The van der Waals surface area contributed by atoms with Gasteiger partial charge in [-0.25, -0.2) is 4.79 Å². The molecular formula is C20H19N3O6. The second-order valence-corrected chi connectivity index (χ2v) is 5.92. The Morgan fingerprint density at radius 3 is 2.66 bits per heavy atom. The van der Waals surface area contributed by atoms with Crippen molar-refractivity contribution in [3.63, 3.8) is 0 Å². The number of ether oxygens (including phenoxy) is 3. The van der Waals surface area contributed by atoms with Gasteiger partial charge in [-0.2, -0.15) is 4.98 Å². The van der Waals surface area contributed by atoms with Crippen LogP contribution in [0, 0.1) is 0 Å². The number of methoxy groups -OCH3 is 2. The molecule has 1 heterocycles. The number of aromatic nitrogens is 2. The molecule has 0 spiro atoms. The predicted molar refractivity (Wildman–Crippen MR) is 103 cm³/mol. The lowest BCUT2D eigenvalue weighted by Gasteiger charge is -2.07. The fourth-order valence-corrected chi connectivity index (χ4v) is 2.54. The highest BCUT2D eigenvalue weighted by Gasteiger charge is 2.16. The summed E-state index contributed by atoms with van der Waals surface area (Å²) >= 11 is 0. The Morgan fingerprint density at radius 2 is 1.93 bits per heavy atom. The first kappa shape index (κ1) is 19.9.